The average molecular weight is 389 g/mol. The second-order valence-electron chi connectivity index (χ2n) is 8.33. The number of likely N-dealkylation sites (N-methyl/N-ethyl adjacent to an activating group) is 1. The van der Waals surface area contributed by atoms with Gasteiger partial charge < -0.3 is 19.3 Å². The molecule has 4 rings (SSSR count). The molecule has 1 fully saturated rings. The van der Waals surface area contributed by atoms with Crippen LogP contribution in [-0.2, 0) is 6.54 Å². The highest BCUT2D eigenvalue weighted by Gasteiger charge is 2.34. The summed E-state index contributed by atoms with van der Waals surface area (Å²) in [6.45, 7) is 13.8. The predicted molar refractivity (Wildman–Crippen MR) is 104 cm³/mol. The van der Waals surface area contributed by atoms with Crippen LogP contribution in [-0.4, -0.2) is 59.7 Å². The molecule has 1 aromatic carbocycles. The summed E-state index contributed by atoms with van der Waals surface area (Å²) in [5.41, 5.74) is 1.12. The van der Waals surface area contributed by atoms with Crippen molar-refractivity contribution >= 4 is 0 Å². The van der Waals surface area contributed by atoms with Gasteiger partial charge in [0, 0.05) is 6.42 Å². The highest BCUT2D eigenvalue weighted by Crippen LogP contribution is 2.32. The molecule has 1 aromatic heterocycles. The van der Waals surface area contributed by atoms with Crippen molar-refractivity contribution in [2.24, 2.45) is 5.92 Å². The average Bonchev–Trinajstić information content (AvgIpc) is 3.35. The minimum Gasteiger partial charge on any atom is -0.454 e. The number of quaternary nitrogens is 2. The van der Waals surface area contributed by atoms with Crippen LogP contribution in [0.5, 0.6) is 11.5 Å². The summed E-state index contributed by atoms with van der Waals surface area (Å²) >= 11 is 0. The first kappa shape index (κ1) is 19.1. The highest BCUT2D eigenvalue weighted by atomic mass is 16.7. The fourth-order valence-electron chi connectivity index (χ4n) is 4.34. The molecule has 2 aliphatic heterocycles. The third-order valence-electron chi connectivity index (χ3n) is 5.94. The Balaban J connectivity index is 1.54. The second-order valence-corrected chi connectivity index (χ2v) is 8.33. The maximum absolute atomic E-state index is 5.51. The smallest absolute Gasteiger partial charge is 0.231 e. The molecule has 1 saturated heterocycles. The van der Waals surface area contributed by atoms with Crippen LogP contribution >= 0.6 is 0 Å². The lowest BCUT2D eigenvalue weighted by Crippen LogP contribution is -3.28. The first-order valence-corrected chi connectivity index (χ1v) is 10.5. The number of piperazine rings is 1. The van der Waals surface area contributed by atoms with Crippen LogP contribution in [0.15, 0.2) is 18.2 Å². The molecule has 8 heteroatoms. The summed E-state index contributed by atoms with van der Waals surface area (Å²) in [6, 6.07) is 6.39. The molecule has 28 heavy (non-hydrogen) atoms. The van der Waals surface area contributed by atoms with E-state index in [1.54, 1.807) is 9.80 Å². The van der Waals surface area contributed by atoms with Gasteiger partial charge in [0.05, 0.1) is 13.1 Å². The molecule has 0 radical (unpaired) electrons. The van der Waals surface area contributed by atoms with Gasteiger partial charge in [-0.15, -0.1) is 5.10 Å². The molecule has 0 saturated carbocycles. The first-order chi connectivity index (χ1) is 13.6. The van der Waals surface area contributed by atoms with Gasteiger partial charge in [-0.2, -0.15) is 0 Å². The van der Waals surface area contributed by atoms with E-state index in [1.165, 1.54) is 32.7 Å². The van der Waals surface area contributed by atoms with Crippen LogP contribution in [0.4, 0.5) is 0 Å². The van der Waals surface area contributed by atoms with E-state index in [2.05, 4.69) is 42.4 Å². The Morgan fingerprint density at radius 1 is 1.11 bits per heavy atom. The number of tetrazole rings is 1. The first-order valence-electron chi connectivity index (χ1n) is 10.5. The van der Waals surface area contributed by atoms with Gasteiger partial charge in [-0.25, -0.2) is 4.68 Å². The Morgan fingerprint density at radius 2 is 1.89 bits per heavy atom. The zero-order valence-corrected chi connectivity index (χ0v) is 17.1. The maximum Gasteiger partial charge on any atom is 0.231 e. The van der Waals surface area contributed by atoms with Gasteiger partial charge in [0.25, 0.3) is 0 Å². The van der Waals surface area contributed by atoms with Crippen molar-refractivity contribution in [3.05, 3.63) is 29.6 Å². The summed E-state index contributed by atoms with van der Waals surface area (Å²) < 4.78 is 12.9. The Kier molecular flexibility index (Phi) is 5.77. The van der Waals surface area contributed by atoms with Crippen LogP contribution in [0.1, 0.15) is 44.6 Å². The zero-order valence-electron chi connectivity index (χ0n) is 17.1. The van der Waals surface area contributed by atoms with Crippen LogP contribution < -0.4 is 19.3 Å². The standard InChI is InChI=1S/C20H30N6O2/c1-4-24-7-9-25(10-8-24)17(11-15(2)3)20-21-22-23-26(20)13-16-5-6-18-19(12-16)28-14-27-18/h5-6,12,15,17H,4,7-11,13-14H2,1-3H3/p+2/t17-/m0/s1. The minimum atomic E-state index is 0.292. The molecule has 8 nitrogen and oxygen atoms in total. The molecular formula is C20H32N6O2+2. The van der Waals surface area contributed by atoms with Crippen LogP contribution in [0.3, 0.4) is 0 Å². The summed E-state index contributed by atoms with van der Waals surface area (Å²) in [4.78, 5) is 3.32. The zero-order chi connectivity index (χ0) is 19.5. The van der Waals surface area contributed by atoms with Crippen LogP contribution in [0, 0.1) is 5.92 Å². The van der Waals surface area contributed by atoms with Gasteiger partial charge in [-0.3, -0.25) is 0 Å². The molecule has 0 spiro atoms. The van der Waals surface area contributed by atoms with E-state index in [0.29, 0.717) is 25.3 Å². The number of hydrogen-bond acceptors (Lipinski definition) is 5. The van der Waals surface area contributed by atoms with E-state index < -0.39 is 0 Å². The summed E-state index contributed by atoms with van der Waals surface area (Å²) in [5.74, 6) is 3.21. The van der Waals surface area contributed by atoms with Crippen LogP contribution in [0.2, 0.25) is 0 Å². The summed E-state index contributed by atoms with van der Waals surface area (Å²) in [6.07, 6.45) is 1.10. The molecular weight excluding hydrogens is 356 g/mol. The van der Waals surface area contributed by atoms with Crippen molar-refractivity contribution < 1.29 is 19.3 Å². The van der Waals surface area contributed by atoms with Gasteiger partial charge in [0.15, 0.2) is 17.5 Å². The lowest BCUT2D eigenvalue weighted by molar-refractivity contribution is -1.03. The fraction of sp³-hybridized carbons (Fsp3) is 0.650. The normalized spacial score (nSPS) is 22.6. The highest BCUT2D eigenvalue weighted by molar-refractivity contribution is 5.44. The Hall–Kier alpha value is -2.19. The lowest BCUT2D eigenvalue weighted by atomic mass is 10.0. The van der Waals surface area contributed by atoms with Crippen molar-refractivity contribution in [3.8, 4) is 11.5 Å². The molecule has 2 aromatic rings. The van der Waals surface area contributed by atoms with E-state index in [-0.39, 0.29) is 0 Å². The monoisotopic (exact) mass is 388 g/mol. The molecule has 2 aliphatic rings. The number of nitrogens with one attached hydrogen (secondary N) is 2. The molecule has 3 heterocycles. The van der Waals surface area contributed by atoms with E-state index >= 15 is 0 Å². The van der Waals surface area contributed by atoms with E-state index in [0.717, 1.165) is 29.3 Å². The SMILES string of the molecule is CC[NH+]1CC[NH+]([C@@H](CC(C)C)c2nnnn2Cc2ccc3c(c2)OCO3)CC1. The Labute approximate surface area is 166 Å². The van der Waals surface area contributed by atoms with Gasteiger partial charge in [-0.1, -0.05) is 19.9 Å². The Morgan fingerprint density at radius 3 is 2.64 bits per heavy atom. The van der Waals surface area contributed by atoms with Crippen molar-refractivity contribution in [1.82, 2.24) is 20.2 Å². The molecule has 0 amide bonds. The molecule has 152 valence electrons. The number of rotatable bonds is 7. The van der Waals surface area contributed by atoms with Gasteiger partial charge >= 0.3 is 0 Å². The number of nitrogens with zero attached hydrogens (tertiary/aromatic N) is 4. The van der Waals surface area contributed by atoms with Crippen molar-refractivity contribution in [1.29, 1.82) is 0 Å². The molecule has 0 aliphatic carbocycles. The van der Waals surface area contributed by atoms with E-state index in [9.17, 15) is 0 Å². The van der Waals surface area contributed by atoms with Gasteiger partial charge in [-0.05, 0) is 41.0 Å². The van der Waals surface area contributed by atoms with Gasteiger partial charge in [0.1, 0.15) is 26.2 Å². The van der Waals surface area contributed by atoms with E-state index in [1.807, 2.05) is 16.8 Å². The molecule has 2 N–H and O–H groups in total. The minimum absolute atomic E-state index is 0.292. The largest absolute Gasteiger partial charge is 0.454 e. The lowest BCUT2D eigenvalue weighted by Gasteiger charge is -2.34. The van der Waals surface area contributed by atoms with Crippen molar-refractivity contribution in [3.63, 3.8) is 0 Å². The third kappa shape index (κ3) is 4.12. The topological polar surface area (TPSA) is 70.9 Å². The van der Waals surface area contributed by atoms with Crippen molar-refractivity contribution in [2.45, 2.75) is 39.8 Å². The quantitative estimate of drug-likeness (QED) is 0.659. The maximum atomic E-state index is 5.51. The Bertz CT molecular complexity index is 785. The number of benzene rings is 1. The number of aromatic nitrogens is 4. The molecule has 1 atom stereocenters. The second kappa shape index (κ2) is 8.45. The summed E-state index contributed by atoms with van der Waals surface area (Å²) in [7, 11) is 0. The summed E-state index contributed by atoms with van der Waals surface area (Å²) in [5, 5.41) is 12.8. The molecule has 0 unspecified atom stereocenters. The predicted octanol–water partition coefficient (Wildman–Crippen LogP) is -0.659. The number of hydrogen-bond donors (Lipinski definition) is 2. The van der Waals surface area contributed by atoms with E-state index in [4.69, 9.17) is 9.47 Å². The third-order valence-corrected chi connectivity index (χ3v) is 5.94. The van der Waals surface area contributed by atoms with Crippen LogP contribution in [0.25, 0.3) is 0 Å². The van der Waals surface area contributed by atoms with Crippen molar-refractivity contribution in [2.75, 3.05) is 39.5 Å². The fourth-order valence-corrected chi connectivity index (χ4v) is 4.34. The number of fused-ring (bicyclic) bond motifs is 1. The molecule has 0 bridgehead atoms. The van der Waals surface area contributed by atoms with Gasteiger partial charge in [0.2, 0.25) is 12.6 Å². The number of ether oxygens (including phenoxy) is 2.